The van der Waals surface area contributed by atoms with Crippen LogP contribution in [0.2, 0.25) is 19.1 Å². The highest BCUT2D eigenvalue weighted by molar-refractivity contribution is 6.71. The van der Waals surface area contributed by atoms with Crippen molar-refractivity contribution in [3.63, 3.8) is 0 Å². The zero-order chi connectivity index (χ0) is 27.6. The number of carboxylic acids is 1. The first kappa shape index (κ1) is 36.6. The Balaban J connectivity index is 0.000000832. The molecule has 0 spiro atoms. The molecule has 2 unspecified atom stereocenters. The Bertz CT molecular complexity index is 500. The maximum absolute atomic E-state index is 10.4. The lowest BCUT2D eigenvalue weighted by molar-refractivity contribution is -0.137. The van der Waals surface area contributed by atoms with Gasteiger partial charge in [0.05, 0.1) is 12.7 Å². The van der Waals surface area contributed by atoms with E-state index in [4.69, 9.17) is 14.6 Å². The largest absolute Gasteiger partial charge is 0.481 e. The first-order chi connectivity index (χ1) is 17.8. The highest BCUT2D eigenvalue weighted by Gasteiger charge is 2.31. The van der Waals surface area contributed by atoms with Crippen LogP contribution in [0.25, 0.3) is 0 Å². The Morgan fingerprint density at radius 3 is 1.54 bits per heavy atom. The van der Waals surface area contributed by atoms with Crippen molar-refractivity contribution in [2.45, 2.75) is 186 Å². The van der Waals surface area contributed by atoms with E-state index in [-0.39, 0.29) is 12.7 Å². The summed E-state index contributed by atoms with van der Waals surface area (Å²) in [6.45, 7) is 6.56. The van der Waals surface area contributed by atoms with Gasteiger partial charge in [-0.05, 0) is 32.0 Å². The van der Waals surface area contributed by atoms with Crippen molar-refractivity contribution in [1.82, 2.24) is 0 Å². The number of hydrogen-bond acceptors (Lipinski definition) is 4. The maximum Gasteiger partial charge on any atom is 0.303 e. The van der Waals surface area contributed by atoms with Gasteiger partial charge in [0, 0.05) is 18.9 Å². The molecule has 1 aliphatic heterocycles. The minimum atomic E-state index is -1.43. The first-order valence-corrected chi connectivity index (χ1v) is 19.1. The predicted molar refractivity (Wildman–Crippen MR) is 160 cm³/mol. The summed E-state index contributed by atoms with van der Waals surface area (Å²) in [6, 6.07) is 1.22. The lowest BCUT2D eigenvalue weighted by atomic mass is 10.0. The van der Waals surface area contributed by atoms with Crippen LogP contribution >= 0.6 is 0 Å². The van der Waals surface area contributed by atoms with Gasteiger partial charge in [0.1, 0.15) is 0 Å². The second kappa shape index (κ2) is 25.8. The van der Waals surface area contributed by atoms with Crippen molar-refractivity contribution >= 4 is 14.3 Å². The van der Waals surface area contributed by atoms with Crippen LogP contribution in [0.4, 0.5) is 0 Å². The van der Waals surface area contributed by atoms with Crippen LogP contribution in [0, 0.1) is 0 Å². The lowest BCUT2D eigenvalue weighted by Gasteiger charge is -2.35. The van der Waals surface area contributed by atoms with Gasteiger partial charge >= 0.3 is 5.97 Å². The molecule has 3 N–H and O–H groups in total. The molecule has 0 saturated carbocycles. The Hall–Kier alpha value is -0.433. The zero-order valence-corrected chi connectivity index (χ0v) is 26.0. The van der Waals surface area contributed by atoms with Crippen molar-refractivity contribution in [3.05, 3.63) is 0 Å². The van der Waals surface area contributed by atoms with Crippen LogP contribution in [0.1, 0.15) is 155 Å². The molecule has 1 heterocycles. The molecule has 2 atom stereocenters. The van der Waals surface area contributed by atoms with Crippen LogP contribution in [0.3, 0.4) is 0 Å². The third-order valence-electron chi connectivity index (χ3n) is 7.53. The normalized spacial score (nSPS) is 17.7. The first-order valence-electron chi connectivity index (χ1n) is 16.0. The van der Waals surface area contributed by atoms with Crippen molar-refractivity contribution in [2.24, 2.45) is 0 Å². The van der Waals surface area contributed by atoms with E-state index in [0.717, 1.165) is 19.3 Å². The molecule has 1 rings (SSSR count). The summed E-state index contributed by atoms with van der Waals surface area (Å²) in [6.07, 6.45) is 28.5. The average molecular weight is 545 g/mol. The molecular formula is C31H64O5Si. The molecule has 37 heavy (non-hydrogen) atoms. The van der Waals surface area contributed by atoms with Crippen LogP contribution < -0.4 is 0 Å². The van der Waals surface area contributed by atoms with Crippen LogP contribution in [0.15, 0.2) is 0 Å². The van der Waals surface area contributed by atoms with E-state index in [1.807, 2.05) is 0 Å². The minimum Gasteiger partial charge on any atom is -0.481 e. The number of hydrogen-bond donors (Lipinski definition) is 3. The molecule has 0 radical (unpaired) electrons. The Kier molecular flexibility index (Phi) is 25.5. The van der Waals surface area contributed by atoms with Crippen molar-refractivity contribution < 1.29 is 24.5 Å². The van der Waals surface area contributed by atoms with E-state index < -0.39 is 20.4 Å². The van der Waals surface area contributed by atoms with Crippen LogP contribution in [-0.4, -0.2) is 48.4 Å². The Morgan fingerprint density at radius 2 is 1.19 bits per heavy atom. The van der Waals surface area contributed by atoms with E-state index in [9.17, 15) is 9.90 Å². The average Bonchev–Trinajstić information content (AvgIpc) is 2.85. The monoisotopic (exact) mass is 544 g/mol. The zero-order valence-electron chi connectivity index (χ0n) is 25.0. The Labute approximate surface area is 231 Å². The number of aliphatic hydroxyl groups excluding tert-OH is 2. The van der Waals surface area contributed by atoms with Gasteiger partial charge in [-0.3, -0.25) is 4.79 Å². The molecule has 0 bridgehead atoms. The highest BCUT2D eigenvalue weighted by atomic mass is 28.4. The number of aliphatic carboxylic acids is 1. The molecular weight excluding hydrogens is 480 g/mol. The van der Waals surface area contributed by atoms with Gasteiger partial charge in [0.2, 0.25) is 0 Å². The third-order valence-corrected chi connectivity index (χ3v) is 10.1. The van der Waals surface area contributed by atoms with E-state index in [0.29, 0.717) is 12.8 Å². The fourth-order valence-corrected chi connectivity index (χ4v) is 7.51. The summed E-state index contributed by atoms with van der Waals surface area (Å²) in [5.41, 5.74) is 0. The summed E-state index contributed by atoms with van der Waals surface area (Å²) < 4.78 is 5.91. The van der Waals surface area contributed by atoms with Gasteiger partial charge < -0.3 is 19.7 Å². The lowest BCUT2D eigenvalue weighted by Crippen LogP contribution is -2.41. The topological polar surface area (TPSA) is 87.0 Å². The number of aliphatic hydroxyl groups is 2. The van der Waals surface area contributed by atoms with Gasteiger partial charge in [-0.2, -0.15) is 0 Å². The summed E-state index contributed by atoms with van der Waals surface area (Å²) in [4.78, 5) is 10.4. The predicted octanol–water partition coefficient (Wildman–Crippen LogP) is 9.01. The molecule has 1 saturated heterocycles. The van der Waals surface area contributed by atoms with Gasteiger partial charge in [-0.25, -0.2) is 0 Å². The van der Waals surface area contributed by atoms with Gasteiger partial charge in [0.25, 0.3) is 0 Å². The van der Waals surface area contributed by atoms with Gasteiger partial charge in [-0.1, -0.05) is 129 Å². The fourth-order valence-electron chi connectivity index (χ4n) is 5.22. The number of carboxylic acid groups (broad SMARTS) is 1. The molecule has 222 valence electrons. The third kappa shape index (κ3) is 26.9. The smallest absolute Gasteiger partial charge is 0.303 e. The number of rotatable bonds is 23. The van der Waals surface area contributed by atoms with Crippen LogP contribution in [0.5, 0.6) is 0 Å². The summed E-state index contributed by atoms with van der Waals surface area (Å²) >= 11 is 0. The maximum atomic E-state index is 10.4. The second-order valence-corrected chi connectivity index (χ2v) is 16.2. The van der Waals surface area contributed by atoms with Crippen LogP contribution in [-0.2, 0) is 9.22 Å². The number of carbonyl (C=O) groups is 1. The fraction of sp³-hybridized carbons (Fsp3) is 0.968. The molecule has 0 amide bonds. The van der Waals surface area contributed by atoms with E-state index >= 15 is 0 Å². The molecule has 0 aromatic carbocycles. The SMILES string of the molecule is CCCCCCCCCCCCCCCCCCCCCC(=O)O.C[Si]1(C)CCCC(CC(O)CO)O1. The molecule has 1 aliphatic rings. The van der Waals surface area contributed by atoms with E-state index in [2.05, 4.69) is 20.0 Å². The minimum absolute atomic E-state index is 0.151. The van der Waals surface area contributed by atoms with E-state index in [1.165, 1.54) is 122 Å². The molecule has 0 aliphatic carbocycles. The standard InChI is InChI=1S/C22H44O2.C9H20O3Si/c1-2-3-4-5-6-7-8-9-10-11-12-13-14-15-16-17-18-19-20-21-22(23)24;1-13(2)5-3-4-9(12-13)6-8(11)7-10/h2-21H2,1H3,(H,23,24);8-11H,3-7H2,1-2H3. The summed E-state index contributed by atoms with van der Waals surface area (Å²) in [5.74, 6) is -0.651. The molecule has 5 nitrogen and oxygen atoms in total. The summed E-state index contributed by atoms with van der Waals surface area (Å²) in [7, 11) is -1.43. The summed E-state index contributed by atoms with van der Waals surface area (Å²) in [5, 5.41) is 26.5. The molecule has 0 aromatic rings. The van der Waals surface area contributed by atoms with E-state index in [1.54, 1.807) is 0 Å². The molecule has 1 fully saturated rings. The van der Waals surface area contributed by atoms with Crippen molar-refractivity contribution in [3.8, 4) is 0 Å². The van der Waals surface area contributed by atoms with Crippen molar-refractivity contribution in [2.75, 3.05) is 6.61 Å². The van der Waals surface area contributed by atoms with Gasteiger partial charge in [-0.15, -0.1) is 0 Å². The molecule has 6 heteroatoms. The van der Waals surface area contributed by atoms with Gasteiger partial charge in [0.15, 0.2) is 8.32 Å². The van der Waals surface area contributed by atoms with Crippen molar-refractivity contribution in [1.29, 1.82) is 0 Å². The Morgan fingerprint density at radius 1 is 0.784 bits per heavy atom. The second-order valence-electron chi connectivity index (χ2n) is 12.0. The number of unbranched alkanes of at least 4 members (excludes halogenated alkanes) is 18. The molecule has 0 aromatic heterocycles. The quantitative estimate of drug-likeness (QED) is 0.0882. The highest BCUT2D eigenvalue weighted by Crippen LogP contribution is 2.27.